The fourth-order valence-corrected chi connectivity index (χ4v) is 4.00. The Kier molecular flexibility index (Phi) is 5.59. The first kappa shape index (κ1) is 20.6. The van der Waals surface area contributed by atoms with Crippen LogP contribution in [0.25, 0.3) is 27.8 Å². The van der Waals surface area contributed by atoms with Gasteiger partial charge in [-0.05, 0) is 47.9 Å². The average Bonchev–Trinajstić information content (AvgIpc) is 3.26. The molecule has 1 heterocycles. The van der Waals surface area contributed by atoms with Gasteiger partial charge in [-0.25, -0.2) is 9.67 Å². The van der Waals surface area contributed by atoms with Crippen molar-refractivity contribution in [2.45, 2.75) is 0 Å². The second-order valence-electron chi connectivity index (χ2n) is 7.13. The zero-order valence-corrected chi connectivity index (χ0v) is 19.8. The highest BCUT2D eigenvalue weighted by atomic mass is 79.9. The Balaban J connectivity index is 1.56. The number of hydrogen-bond donors (Lipinski definition) is 1. The van der Waals surface area contributed by atoms with Gasteiger partial charge in [0.1, 0.15) is 0 Å². The van der Waals surface area contributed by atoms with Crippen molar-refractivity contribution in [3.8, 4) is 17.1 Å². The number of aromatic nitrogens is 3. The number of benzene rings is 4. The first-order valence-electron chi connectivity index (χ1n) is 9.86. The Morgan fingerprint density at radius 1 is 0.781 bits per heavy atom. The lowest BCUT2D eigenvalue weighted by Crippen LogP contribution is -2.14. The van der Waals surface area contributed by atoms with Crippen molar-refractivity contribution in [2.75, 3.05) is 5.32 Å². The molecule has 5 nitrogen and oxygen atoms in total. The number of carbonyl (C=O) groups excluding carboxylic acids is 1. The van der Waals surface area contributed by atoms with Gasteiger partial charge in [-0.2, -0.15) is 0 Å². The third-order valence-electron chi connectivity index (χ3n) is 5.02. The maximum atomic E-state index is 13.1. The van der Waals surface area contributed by atoms with Crippen LogP contribution in [0.3, 0.4) is 0 Å². The summed E-state index contributed by atoms with van der Waals surface area (Å²) in [6, 6.07) is 29.2. The SMILES string of the molecule is O=C(Nc1cccc2ccccc12)c1nc(-c2ccc(Br)cc2)n(-c2ccc(Br)cc2)n1. The van der Waals surface area contributed by atoms with Gasteiger partial charge in [0.2, 0.25) is 5.82 Å². The lowest BCUT2D eigenvalue weighted by atomic mass is 10.1. The van der Waals surface area contributed by atoms with E-state index in [4.69, 9.17) is 0 Å². The topological polar surface area (TPSA) is 59.8 Å². The number of amides is 1. The van der Waals surface area contributed by atoms with E-state index in [1.165, 1.54) is 0 Å². The third-order valence-corrected chi connectivity index (χ3v) is 6.08. The van der Waals surface area contributed by atoms with Crippen LogP contribution in [0, 0.1) is 0 Å². The van der Waals surface area contributed by atoms with E-state index >= 15 is 0 Å². The van der Waals surface area contributed by atoms with E-state index in [1.54, 1.807) is 4.68 Å². The number of fused-ring (bicyclic) bond motifs is 1. The molecule has 0 atom stereocenters. The fourth-order valence-electron chi connectivity index (χ4n) is 3.47. The summed E-state index contributed by atoms with van der Waals surface area (Å²) in [6.07, 6.45) is 0. The summed E-state index contributed by atoms with van der Waals surface area (Å²) in [6.45, 7) is 0. The predicted octanol–water partition coefficient (Wildman–Crippen LogP) is 6.86. The second-order valence-corrected chi connectivity index (χ2v) is 8.97. The standard InChI is InChI=1S/C25H16Br2N4O/c26-18-10-8-17(9-11-18)24-29-23(30-31(24)20-14-12-19(27)13-15-20)25(32)28-22-7-3-5-16-4-1-2-6-21(16)22/h1-15H,(H,28,32). The van der Waals surface area contributed by atoms with Gasteiger partial charge in [0.25, 0.3) is 5.91 Å². The largest absolute Gasteiger partial charge is 0.319 e. The van der Waals surface area contributed by atoms with Crippen molar-refractivity contribution in [1.29, 1.82) is 0 Å². The molecule has 0 aliphatic heterocycles. The number of anilines is 1. The molecule has 156 valence electrons. The van der Waals surface area contributed by atoms with Crippen LogP contribution in [0.2, 0.25) is 0 Å². The van der Waals surface area contributed by atoms with E-state index in [2.05, 4.69) is 47.3 Å². The van der Waals surface area contributed by atoms with Crippen molar-refractivity contribution in [3.05, 3.63) is 106 Å². The molecule has 0 fully saturated rings. The molecule has 4 aromatic carbocycles. The fraction of sp³-hybridized carbons (Fsp3) is 0. The molecular weight excluding hydrogens is 532 g/mol. The molecule has 1 N–H and O–H groups in total. The maximum absolute atomic E-state index is 13.1. The molecule has 5 rings (SSSR count). The molecule has 0 aliphatic carbocycles. The van der Waals surface area contributed by atoms with E-state index in [1.807, 2.05) is 91.0 Å². The van der Waals surface area contributed by atoms with Crippen LogP contribution in [0.4, 0.5) is 5.69 Å². The first-order chi connectivity index (χ1) is 15.6. The van der Waals surface area contributed by atoms with Crippen LogP contribution in [0.1, 0.15) is 10.6 Å². The van der Waals surface area contributed by atoms with Crippen LogP contribution in [-0.2, 0) is 0 Å². The van der Waals surface area contributed by atoms with Gasteiger partial charge in [-0.1, -0.05) is 80.4 Å². The van der Waals surface area contributed by atoms with Crippen LogP contribution in [-0.4, -0.2) is 20.7 Å². The first-order valence-corrected chi connectivity index (χ1v) is 11.5. The molecule has 0 radical (unpaired) electrons. The quantitative estimate of drug-likeness (QED) is 0.267. The maximum Gasteiger partial charge on any atom is 0.295 e. The van der Waals surface area contributed by atoms with Gasteiger partial charge in [0.05, 0.1) is 5.69 Å². The predicted molar refractivity (Wildman–Crippen MR) is 134 cm³/mol. The van der Waals surface area contributed by atoms with Crippen LogP contribution < -0.4 is 5.32 Å². The number of nitrogens with one attached hydrogen (secondary N) is 1. The highest BCUT2D eigenvalue weighted by Gasteiger charge is 2.19. The van der Waals surface area contributed by atoms with Gasteiger partial charge in [-0.15, -0.1) is 5.10 Å². The number of halogens is 2. The number of hydrogen-bond acceptors (Lipinski definition) is 3. The summed E-state index contributed by atoms with van der Waals surface area (Å²) >= 11 is 6.92. The smallest absolute Gasteiger partial charge is 0.295 e. The zero-order valence-electron chi connectivity index (χ0n) is 16.7. The monoisotopic (exact) mass is 546 g/mol. The Morgan fingerprint density at radius 2 is 1.44 bits per heavy atom. The van der Waals surface area contributed by atoms with Crippen molar-refractivity contribution >= 4 is 54.2 Å². The van der Waals surface area contributed by atoms with Crippen molar-refractivity contribution in [2.24, 2.45) is 0 Å². The van der Waals surface area contributed by atoms with Crippen LogP contribution >= 0.6 is 31.9 Å². The molecule has 0 saturated heterocycles. The summed E-state index contributed by atoms with van der Waals surface area (Å²) in [4.78, 5) is 17.7. The van der Waals surface area contributed by atoms with E-state index < -0.39 is 0 Å². The molecule has 5 aromatic rings. The van der Waals surface area contributed by atoms with Crippen molar-refractivity contribution in [3.63, 3.8) is 0 Å². The molecule has 7 heteroatoms. The highest BCUT2D eigenvalue weighted by molar-refractivity contribution is 9.10. The normalized spacial score (nSPS) is 10.9. The molecule has 0 spiro atoms. The number of nitrogens with zero attached hydrogens (tertiary/aromatic N) is 3. The van der Waals surface area contributed by atoms with E-state index in [-0.39, 0.29) is 11.7 Å². The summed E-state index contributed by atoms with van der Waals surface area (Å²) in [5, 5.41) is 9.53. The molecular formula is C25H16Br2N4O. The Labute approximate surface area is 201 Å². The second kappa shape index (κ2) is 8.68. The van der Waals surface area contributed by atoms with Gasteiger partial charge in [0.15, 0.2) is 5.82 Å². The summed E-state index contributed by atoms with van der Waals surface area (Å²) in [5.41, 5.74) is 2.38. The average molecular weight is 548 g/mol. The molecule has 1 aromatic heterocycles. The molecule has 0 aliphatic rings. The summed E-state index contributed by atoms with van der Waals surface area (Å²) in [7, 11) is 0. The van der Waals surface area contributed by atoms with Gasteiger partial charge >= 0.3 is 0 Å². The van der Waals surface area contributed by atoms with Crippen molar-refractivity contribution in [1.82, 2.24) is 14.8 Å². The van der Waals surface area contributed by atoms with Gasteiger partial charge in [-0.3, -0.25) is 4.79 Å². The third kappa shape index (κ3) is 4.09. The Bertz CT molecular complexity index is 1360. The van der Waals surface area contributed by atoms with Crippen LogP contribution in [0.5, 0.6) is 0 Å². The van der Waals surface area contributed by atoms with Gasteiger partial charge in [0, 0.05) is 25.6 Å². The molecule has 0 bridgehead atoms. The Hall–Kier alpha value is -3.29. The minimum absolute atomic E-state index is 0.0961. The zero-order chi connectivity index (χ0) is 22.1. The van der Waals surface area contributed by atoms with Crippen LogP contribution in [0.15, 0.2) is 99.9 Å². The molecule has 0 saturated carbocycles. The van der Waals surface area contributed by atoms with Gasteiger partial charge < -0.3 is 5.32 Å². The van der Waals surface area contributed by atoms with Crippen molar-refractivity contribution < 1.29 is 4.79 Å². The molecule has 1 amide bonds. The minimum Gasteiger partial charge on any atom is -0.319 e. The Morgan fingerprint density at radius 3 is 2.19 bits per heavy atom. The summed E-state index contributed by atoms with van der Waals surface area (Å²) in [5.74, 6) is 0.317. The lowest BCUT2D eigenvalue weighted by molar-refractivity contribution is 0.101. The summed E-state index contributed by atoms with van der Waals surface area (Å²) < 4.78 is 3.61. The van der Waals surface area contributed by atoms with E-state index in [0.717, 1.165) is 36.7 Å². The molecule has 32 heavy (non-hydrogen) atoms. The van der Waals surface area contributed by atoms with E-state index in [0.29, 0.717) is 5.82 Å². The number of carbonyl (C=O) groups is 1. The lowest BCUT2D eigenvalue weighted by Gasteiger charge is -2.07. The highest BCUT2D eigenvalue weighted by Crippen LogP contribution is 2.26. The van der Waals surface area contributed by atoms with E-state index in [9.17, 15) is 4.79 Å². The number of rotatable bonds is 4. The molecule has 0 unspecified atom stereocenters. The minimum atomic E-state index is -0.365.